The van der Waals surface area contributed by atoms with Gasteiger partial charge in [0.15, 0.2) is 0 Å². The summed E-state index contributed by atoms with van der Waals surface area (Å²) in [6.07, 6.45) is 4.86. The predicted molar refractivity (Wildman–Crippen MR) is 29.7 cm³/mol. The molecule has 0 aromatic rings. The lowest BCUT2D eigenvalue weighted by molar-refractivity contribution is 0.564. The lowest BCUT2D eigenvalue weighted by Gasteiger charge is -1.86. The van der Waals surface area contributed by atoms with E-state index in [0.29, 0.717) is 5.92 Å². The average molecular weight is 97.1 g/mol. The van der Waals surface area contributed by atoms with Crippen molar-refractivity contribution in [2.45, 2.75) is 13.8 Å². The van der Waals surface area contributed by atoms with E-state index in [1.807, 2.05) is 13.8 Å². The van der Waals surface area contributed by atoms with Crippen molar-refractivity contribution in [3.8, 4) is 0 Å². The molecular weight excluding hydrogens is 88.1 g/mol. The van der Waals surface area contributed by atoms with Gasteiger partial charge in [0.1, 0.15) is 0 Å². The van der Waals surface area contributed by atoms with Gasteiger partial charge in [-0.2, -0.15) is 0 Å². The highest BCUT2D eigenvalue weighted by molar-refractivity contribution is 5.65. The smallest absolute Gasteiger partial charge is 0.225 e. The normalized spacial score (nSPS) is 10.7. The molecule has 0 aliphatic rings. The monoisotopic (exact) mass is 97.1 g/mol. The highest BCUT2D eigenvalue weighted by atomic mass is 16.1. The van der Waals surface area contributed by atoms with Crippen molar-refractivity contribution in [1.82, 2.24) is 0 Å². The molecule has 0 saturated carbocycles. The number of allylic oxidation sites excluding steroid dienone is 2. The molecule has 0 aliphatic carbocycles. The molecular formula is C6H9O. The van der Waals surface area contributed by atoms with E-state index in [1.54, 1.807) is 12.4 Å². The van der Waals surface area contributed by atoms with E-state index in [1.165, 1.54) is 6.08 Å². The molecule has 0 bridgehead atoms. The van der Waals surface area contributed by atoms with Crippen molar-refractivity contribution in [3.63, 3.8) is 0 Å². The van der Waals surface area contributed by atoms with Crippen molar-refractivity contribution in [2.75, 3.05) is 0 Å². The van der Waals surface area contributed by atoms with Crippen molar-refractivity contribution in [2.24, 2.45) is 5.92 Å². The zero-order chi connectivity index (χ0) is 5.70. The van der Waals surface area contributed by atoms with Gasteiger partial charge in [-0.3, -0.25) is 4.79 Å². The van der Waals surface area contributed by atoms with Crippen LogP contribution < -0.4 is 0 Å². The standard InChI is InChI=1S/C6H9O/c1-6(2)4-3-5-7/h3-4,6H,1-2H3/b4-3+. The third kappa shape index (κ3) is 5.41. The summed E-state index contributed by atoms with van der Waals surface area (Å²) in [5, 5.41) is 0. The Labute approximate surface area is 44.0 Å². The third-order valence-electron chi connectivity index (χ3n) is 0.549. The zero-order valence-electron chi connectivity index (χ0n) is 4.64. The van der Waals surface area contributed by atoms with E-state index in [2.05, 4.69) is 0 Å². The van der Waals surface area contributed by atoms with E-state index < -0.39 is 0 Å². The second kappa shape index (κ2) is 3.59. The molecule has 0 aromatic heterocycles. The molecule has 39 valence electrons. The van der Waals surface area contributed by atoms with Gasteiger partial charge in [-0.15, -0.1) is 0 Å². The molecule has 0 unspecified atom stereocenters. The van der Waals surface area contributed by atoms with Crippen LogP contribution in [0.4, 0.5) is 0 Å². The largest absolute Gasteiger partial charge is 0.286 e. The summed E-state index contributed by atoms with van der Waals surface area (Å²) in [4.78, 5) is 9.50. The Bertz CT molecular complexity index is 72.2. The average Bonchev–Trinajstić information content (AvgIpc) is 1.61. The second-order valence-electron chi connectivity index (χ2n) is 1.72. The first-order valence-electron chi connectivity index (χ1n) is 2.31. The lowest BCUT2D eigenvalue weighted by Crippen LogP contribution is -1.75. The Kier molecular flexibility index (Phi) is 3.29. The molecule has 0 N–H and O–H groups in total. The molecule has 0 amide bonds. The quantitative estimate of drug-likeness (QED) is 0.475. The summed E-state index contributed by atoms with van der Waals surface area (Å²) in [5.41, 5.74) is 0. The highest BCUT2D eigenvalue weighted by Crippen LogP contribution is 1.90. The van der Waals surface area contributed by atoms with Gasteiger partial charge in [0.2, 0.25) is 6.29 Å². The van der Waals surface area contributed by atoms with Crippen LogP contribution in [0.5, 0.6) is 0 Å². The maximum atomic E-state index is 9.50. The lowest BCUT2D eigenvalue weighted by atomic mass is 10.2. The summed E-state index contributed by atoms with van der Waals surface area (Å²) < 4.78 is 0. The van der Waals surface area contributed by atoms with Crippen molar-refractivity contribution in [3.05, 3.63) is 12.2 Å². The molecule has 1 radical (unpaired) electrons. The molecule has 0 aliphatic heterocycles. The van der Waals surface area contributed by atoms with Gasteiger partial charge < -0.3 is 0 Å². The van der Waals surface area contributed by atoms with Gasteiger partial charge in [0, 0.05) is 0 Å². The number of hydrogen-bond acceptors (Lipinski definition) is 1. The minimum Gasteiger partial charge on any atom is -0.286 e. The molecule has 0 heterocycles. The topological polar surface area (TPSA) is 17.1 Å². The first-order valence-corrected chi connectivity index (χ1v) is 2.31. The molecule has 1 heteroatoms. The van der Waals surface area contributed by atoms with Crippen LogP contribution in [0.1, 0.15) is 13.8 Å². The van der Waals surface area contributed by atoms with E-state index >= 15 is 0 Å². The van der Waals surface area contributed by atoms with Crippen molar-refractivity contribution < 1.29 is 4.79 Å². The van der Waals surface area contributed by atoms with E-state index in [0.717, 1.165) is 0 Å². The molecule has 0 saturated heterocycles. The summed E-state index contributed by atoms with van der Waals surface area (Å²) in [6.45, 7) is 4.02. The van der Waals surface area contributed by atoms with Gasteiger partial charge in [-0.05, 0) is 12.0 Å². The summed E-state index contributed by atoms with van der Waals surface area (Å²) in [6, 6.07) is 0. The van der Waals surface area contributed by atoms with Crippen LogP contribution in [-0.4, -0.2) is 6.29 Å². The van der Waals surface area contributed by atoms with Crippen LogP contribution in [0.15, 0.2) is 12.2 Å². The fraction of sp³-hybridized carbons (Fsp3) is 0.500. The first-order chi connectivity index (χ1) is 3.27. The van der Waals surface area contributed by atoms with Crippen LogP contribution in [0.3, 0.4) is 0 Å². The Morgan fingerprint density at radius 2 is 2.14 bits per heavy atom. The van der Waals surface area contributed by atoms with Crippen molar-refractivity contribution in [1.29, 1.82) is 0 Å². The Balaban J connectivity index is 3.25. The number of carbonyl (C=O) groups excluding carboxylic acids is 1. The minimum atomic E-state index is 0.460. The van der Waals surface area contributed by atoms with Gasteiger partial charge in [0.25, 0.3) is 0 Å². The summed E-state index contributed by atoms with van der Waals surface area (Å²) in [7, 11) is 0. The molecule has 0 spiro atoms. The van der Waals surface area contributed by atoms with Crippen LogP contribution in [-0.2, 0) is 4.79 Å². The summed E-state index contributed by atoms with van der Waals surface area (Å²) >= 11 is 0. The number of hydrogen-bond donors (Lipinski definition) is 0. The predicted octanol–water partition coefficient (Wildman–Crippen LogP) is 1.31. The first kappa shape index (κ1) is 6.41. The van der Waals surface area contributed by atoms with E-state index in [4.69, 9.17) is 0 Å². The molecule has 7 heavy (non-hydrogen) atoms. The fourth-order valence-electron chi connectivity index (χ4n) is 0.232. The van der Waals surface area contributed by atoms with Crippen LogP contribution in [0.2, 0.25) is 0 Å². The Hall–Kier alpha value is -0.590. The van der Waals surface area contributed by atoms with Gasteiger partial charge in [0.05, 0.1) is 0 Å². The van der Waals surface area contributed by atoms with Gasteiger partial charge in [-0.25, -0.2) is 0 Å². The Morgan fingerprint density at radius 1 is 1.57 bits per heavy atom. The fourth-order valence-corrected chi connectivity index (χ4v) is 0.232. The van der Waals surface area contributed by atoms with Crippen LogP contribution in [0, 0.1) is 5.92 Å². The van der Waals surface area contributed by atoms with E-state index in [-0.39, 0.29) is 0 Å². The maximum Gasteiger partial charge on any atom is 0.225 e. The molecule has 0 atom stereocenters. The third-order valence-corrected chi connectivity index (χ3v) is 0.549. The zero-order valence-corrected chi connectivity index (χ0v) is 4.64. The minimum absolute atomic E-state index is 0.460. The Morgan fingerprint density at radius 3 is 2.29 bits per heavy atom. The molecule has 0 aromatic carbocycles. The highest BCUT2D eigenvalue weighted by Gasteiger charge is 1.79. The molecule has 1 nitrogen and oxygen atoms in total. The summed E-state index contributed by atoms with van der Waals surface area (Å²) in [5.74, 6) is 0.460. The SMILES string of the molecule is CC(C)/C=C/[C]=O. The second-order valence-corrected chi connectivity index (χ2v) is 1.72. The van der Waals surface area contributed by atoms with Crippen molar-refractivity contribution >= 4 is 6.29 Å². The maximum absolute atomic E-state index is 9.50. The molecule has 0 rings (SSSR count). The van der Waals surface area contributed by atoms with E-state index in [9.17, 15) is 4.79 Å². The molecule has 0 fully saturated rings. The number of rotatable bonds is 2. The van der Waals surface area contributed by atoms with Gasteiger partial charge in [-0.1, -0.05) is 19.9 Å². The van der Waals surface area contributed by atoms with Gasteiger partial charge >= 0.3 is 0 Å². The van der Waals surface area contributed by atoms with Crippen LogP contribution >= 0.6 is 0 Å². The van der Waals surface area contributed by atoms with Crippen LogP contribution in [0.25, 0.3) is 0 Å².